The highest BCUT2D eigenvalue weighted by molar-refractivity contribution is 6.42. The maximum Gasteiger partial charge on any atom is 0.150 e. The SMILES string of the molecule is CC(Cn1ccnc1)Nc1nc(Cl)c(Cl)cc1Cl. The van der Waals surface area contributed by atoms with E-state index >= 15 is 0 Å². The normalized spacial score (nSPS) is 12.4. The van der Waals surface area contributed by atoms with Crippen molar-refractivity contribution in [2.45, 2.75) is 19.5 Å². The van der Waals surface area contributed by atoms with E-state index in [4.69, 9.17) is 34.8 Å². The summed E-state index contributed by atoms with van der Waals surface area (Å²) in [4.78, 5) is 8.09. The van der Waals surface area contributed by atoms with Crippen molar-refractivity contribution < 1.29 is 0 Å². The highest BCUT2D eigenvalue weighted by atomic mass is 35.5. The third-order valence-electron chi connectivity index (χ3n) is 2.31. The van der Waals surface area contributed by atoms with Crippen molar-refractivity contribution in [2.75, 3.05) is 5.32 Å². The van der Waals surface area contributed by atoms with Gasteiger partial charge in [-0.2, -0.15) is 0 Å². The van der Waals surface area contributed by atoms with Gasteiger partial charge in [-0.3, -0.25) is 0 Å². The summed E-state index contributed by atoms with van der Waals surface area (Å²) in [6.07, 6.45) is 5.38. The lowest BCUT2D eigenvalue weighted by molar-refractivity contribution is 0.617. The zero-order valence-corrected chi connectivity index (χ0v) is 11.8. The standard InChI is InChI=1S/C11H11Cl3N4/c1-7(5-18-3-2-15-6-18)16-11-9(13)4-8(12)10(14)17-11/h2-4,6-7H,5H2,1H3,(H,16,17). The molecule has 0 radical (unpaired) electrons. The van der Waals surface area contributed by atoms with Crippen molar-refractivity contribution in [1.29, 1.82) is 0 Å². The Morgan fingerprint density at radius 3 is 2.78 bits per heavy atom. The molecule has 2 aromatic heterocycles. The van der Waals surface area contributed by atoms with Crippen LogP contribution in [0.1, 0.15) is 6.92 Å². The molecule has 2 heterocycles. The molecular formula is C11H11Cl3N4. The lowest BCUT2D eigenvalue weighted by Gasteiger charge is -2.16. The van der Waals surface area contributed by atoms with Crippen LogP contribution < -0.4 is 5.32 Å². The van der Waals surface area contributed by atoms with E-state index in [-0.39, 0.29) is 11.2 Å². The molecule has 0 aliphatic rings. The van der Waals surface area contributed by atoms with Gasteiger partial charge in [0.2, 0.25) is 0 Å². The Kier molecular flexibility index (Phi) is 4.32. The van der Waals surface area contributed by atoms with Crippen LogP contribution in [0.2, 0.25) is 15.2 Å². The van der Waals surface area contributed by atoms with Crippen LogP contribution in [0.4, 0.5) is 5.82 Å². The monoisotopic (exact) mass is 304 g/mol. The lowest BCUT2D eigenvalue weighted by atomic mass is 10.3. The summed E-state index contributed by atoms with van der Waals surface area (Å²) in [7, 11) is 0. The van der Waals surface area contributed by atoms with Gasteiger partial charge < -0.3 is 9.88 Å². The second kappa shape index (κ2) is 5.78. The second-order valence-corrected chi connectivity index (χ2v) is 5.07. The molecule has 2 aromatic rings. The first-order valence-corrected chi connectivity index (χ1v) is 6.43. The topological polar surface area (TPSA) is 42.7 Å². The first-order chi connectivity index (χ1) is 8.56. The van der Waals surface area contributed by atoms with Crippen LogP contribution in [-0.2, 0) is 6.54 Å². The molecule has 4 nitrogen and oxygen atoms in total. The lowest BCUT2D eigenvalue weighted by Crippen LogP contribution is -2.22. The van der Waals surface area contributed by atoms with E-state index in [2.05, 4.69) is 15.3 Å². The molecule has 0 aliphatic carbocycles. The van der Waals surface area contributed by atoms with Crippen LogP contribution in [-0.4, -0.2) is 20.6 Å². The van der Waals surface area contributed by atoms with Gasteiger partial charge in [0.1, 0.15) is 11.0 Å². The first kappa shape index (κ1) is 13.5. The van der Waals surface area contributed by atoms with Gasteiger partial charge in [-0.1, -0.05) is 34.8 Å². The fraction of sp³-hybridized carbons (Fsp3) is 0.273. The summed E-state index contributed by atoms with van der Waals surface area (Å²) in [5, 5.41) is 4.20. The van der Waals surface area contributed by atoms with E-state index in [0.717, 1.165) is 6.54 Å². The Balaban J connectivity index is 2.07. The average molecular weight is 306 g/mol. The van der Waals surface area contributed by atoms with Gasteiger partial charge in [0.05, 0.1) is 16.4 Å². The number of nitrogens with zero attached hydrogens (tertiary/aromatic N) is 3. The van der Waals surface area contributed by atoms with Gasteiger partial charge in [-0.25, -0.2) is 9.97 Å². The Morgan fingerprint density at radius 1 is 1.33 bits per heavy atom. The van der Waals surface area contributed by atoms with Crippen molar-refractivity contribution >= 4 is 40.6 Å². The van der Waals surface area contributed by atoms with Crippen molar-refractivity contribution in [2.24, 2.45) is 0 Å². The van der Waals surface area contributed by atoms with Gasteiger partial charge >= 0.3 is 0 Å². The molecule has 0 saturated carbocycles. The predicted molar refractivity (Wildman–Crippen MR) is 74.6 cm³/mol. The minimum Gasteiger partial charge on any atom is -0.365 e. The van der Waals surface area contributed by atoms with Crippen LogP contribution in [0, 0.1) is 0 Å². The molecule has 1 atom stereocenters. The van der Waals surface area contributed by atoms with Crippen molar-refractivity contribution in [3.05, 3.63) is 40.0 Å². The van der Waals surface area contributed by atoms with Gasteiger partial charge in [-0.15, -0.1) is 0 Å². The minimum absolute atomic E-state index is 0.126. The highest BCUT2D eigenvalue weighted by Crippen LogP contribution is 2.29. The molecule has 1 unspecified atom stereocenters. The van der Waals surface area contributed by atoms with E-state index in [1.807, 2.05) is 17.7 Å². The number of imidazole rings is 1. The molecule has 0 saturated heterocycles. The van der Waals surface area contributed by atoms with Crippen molar-refractivity contribution in [3.8, 4) is 0 Å². The van der Waals surface area contributed by atoms with E-state index in [0.29, 0.717) is 15.9 Å². The summed E-state index contributed by atoms with van der Waals surface area (Å²) < 4.78 is 1.96. The average Bonchev–Trinajstić information content (AvgIpc) is 2.78. The smallest absolute Gasteiger partial charge is 0.150 e. The highest BCUT2D eigenvalue weighted by Gasteiger charge is 2.10. The van der Waals surface area contributed by atoms with E-state index in [1.54, 1.807) is 18.6 Å². The Labute approximate surface area is 120 Å². The Morgan fingerprint density at radius 2 is 2.11 bits per heavy atom. The van der Waals surface area contributed by atoms with Gasteiger partial charge in [0, 0.05) is 25.0 Å². The number of hydrogen-bond acceptors (Lipinski definition) is 3. The molecule has 0 spiro atoms. The number of aromatic nitrogens is 3. The van der Waals surface area contributed by atoms with Crippen LogP contribution in [0.3, 0.4) is 0 Å². The molecule has 0 aliphatic heterocycles. The predicted octanol–water partition coefficient (Wildman–Crippen LogP) is 3.74. The molecule has 0 fully saturated rings. The molecule has 0 amide bonds. The third kappa shape index (κ3) is 3.28. The van der Waals surface area contributed by atoms with Crippen LogP contribution in [0.15, 0.2) is 24.8 Å². The fourth-order valence-corrected chi connectivity index (χ4v) is 2.09. The number of nitrogens with one attached hydrogen (secondary N) is 1. The minimum atomic E-state index is 0.126. The van der Waals surface area contributed by atoms with Gasteiger partial charge in [0.25, 0.3) is 0 Å². The molecule has 0 aromatic carbocycles. The van der Waals surface area contributed by atoms with Gasteiger partial charge in [-0.05, 0) is 13.0 Å². The maximum absolute atomic E-state index is 6.04. The molecular weight excluding hydrogens is 295 g/mol. The zero-order valence-electron chi connectivity index (χ0n) is 9.57. The van der Waals surface area contributed by atoms with E-state index in [1.165, 1.54) is 0 Å². The summed E-state index contributed by atoms with van der Waals surface area (Å²) in [5.74, 6) is 0.527. The first-order valence-electron chi connectivity index (χ1n) is 5.30. The molecule has 1 N–H and O–H groups in total. The molecule has 18 heavy (non-hydrogen) atoms. The second-order valence-electron chi connectivity index (χ2n) is 3.90. The summed E-state index contributed by atoms with van der Waals surface area (Å²) in [5.41, 5.74) is 0. The zero-order chi connectivity index (χ0) is 13.1. The van der Waals surface area contributed by atoms with Crippen LogP contribution in [0.5, 0.6) is 0 Å². The quantitative estimate of drug-likeness (QED) is 0.875. The van der Waals surface area contributed by atoms with Crippen molar-refractivity contribution in [1.82, 2.24) is 14.5 Å². The number of pyridine rings is 1. The fourth-order valence-electron chi connectivity index (χ4n) is 1.54. The summed E-state index contributed by atoms with van der Waals surface area (Å²) in [6.45, 7) is 2.76. The van der Waals surface area contributed by atoms with Crippen molar-refractivity contribution in [3.63, 3.8) is 0 Å². The van der Waals surface area contributed by atoms with E-state index in [9.17, 15) is 0 Å². The number of halogens is 3. The van der Waals surface area contributed by atoms with Gasteiger partial charge in [0.15, 0.2) is 0 Å². The largest absolute Gasteiger partial charge is 0.365 e. The molecule has 96 valence electrons. The molecule has 2 rings (SSSR count). The number of rotatable bonds is 4. The number of anilines is 1. The van der Waals surface area contributed by atoms with Crippen LogP contribution >= 0.6 is 34.8 Å². The number of hydrogen-bond donors (Lipinski definition) is 1. The molecule has 0 bridgehead atoms. The van der Waals surface area contributed by atoms with Crippen LogP contribution in [0.25, 0.3) is 0 Å². The third-order valence-corrected chi connectivity index (χ3v) is 3.27. The summed E-state index contributed by atoms with van der Waals surface area (Å²) in [6, 6.07) is 1.70. The van der Waals surface area contributed by atoms with E-state index < -0.39 is 0 Å². The molecule has 7 heteroatoms. The Bertz CT molecular complexity index is 527. The Hall–Kier alpha value is -0.970. The maximum atomic E-state index is 6.04. The summed E-state index contributed by atoms with van der Waals surface area (Å²) >= 11 is 17.7.